The Morgan fingerprint density at radius 3 is 2.35 bits per heavy atom. The molecule has 194 valence electrons. The maximum absolute atomic E-state index is 12.2. The number of piperidine rings is 1. The monoisotopic (exact) mass is 505 g/mol. The second kappa shape index (κ2) is 9.49. The van der Waals surface area contributed by atoms with Crippen molar-refractivity contribution in [2.75, 3.05) is 36.0 Å². The third-order valence-electron chi connectivity index (χ3n) is 6.62. The Hall–Kier alpha value is -3.95. The van der Waals surface area contributed by atoms with Crippen LogP contribution in [-0.4, -0.2) is 66.7 Å². The number of anilines is 2. The topological polar surface area (TPSA) is 113 Å². The van der Waals surface area contributed by atoms with Gasteiger partial charge < -0.3 is 19.7 Å². The highest BCUT2D eigenvalue weighted by atomic mass is 16.6. The normalized spacial score (nSPS) is 23.6. The van der Waals surface area contributed by atoms with Gasteiger partial charge in [-0.3, -0.25) is 9.69 Å². The van der Waals surface area contributed by atoms with Gasteiger partial charge in [0.2, 0.25) is 5.91 Å². The van der Waals surface area contributed by atoms with Gasteiger partial charge in [-0.15, -0.1) is 0 Å². The summed E-state index contributed by atoms with van der Waals surface area (Å²) in [5, 5.41) is 2.68. The van der Waals surface area contributed by atoms with E-state index in [1.54, 1.807) is 4.90 Å². The average molecular weight is 506 g/mol. The molecule has 1 aliphatic carbocycles. The van der Waals surface area contributed by atoms with Crippen molar-refractivity contribution in [1.82, 2.24) is 10.3 Å². The van der Waals surface area contributed by atoms with Crippen LogP contribution in [0.5, 0.6) is 0 Å². The first-order chi connectivity index (χ1) is 17.6. The summed E-state index contributed by atoms with van der Waals surface area (Å²) in [6.45, 7) is 9.20. The van der Waals surface area contributed by atoms with Gasteiger partial charge in [0, 0.05) is 55.0 Å². The summed E-state index contributed by atoms with van der Waals surface area (Å²) >= 11 is 0. The summed E-state index contributed by atoms with van der Waals surface area (Å²) in [4.78, 5) is 47.9. The van der Waals surface area contributed by atoms with Crippen LogP contribution in [0.1, 0.15) is 27.7 Å². The van der Waals surface area contributed by atoms with Crippen molar-refractivity contribution in [3.63, 3.8) is 0 Å². The van der Waals surface area contributed by atoms with Gasteiger partial charge in [0.05, 0.1) is 13.1 Å². The summed E-state index contributed by atoms with van der Waals surface area (Å²) in [7, 11) is 0. The minimum atomic E-state index is -0.541. The average Bonchev–Trinajstić information content (AvgIpc) is 3.16. The Morgan fingerprint density at radius 1 is 1.08 bits per heavy atom. The van der Waals surface area contributed by atoms with Crippen LogP contribution >= 0.6 is 0 Å². The lowest BCUT2D eigenvalue weighted by Crippen LogP contribution is -2.33. The molecule has 3 aliphatic rings. The highest BCUT2D eigenvalue weighted by Crippen LogP contribution is 2.43. The highest BCUT2D eigenvalue weighted by molar-refractivity contribution is 6.10. The molecule has 3 heterocycles. The summed E-state index contributed by atoms with van der Waals surface area (Å²) in [5.74, 6) is 1.32. The van der Waals surface area contributed by atoms with Crippen LogP contribution in [-0.2, 0) is 14.3 Å². The number of amides is 3. The molecule has 0 radical (unpaired) electrons. The zero-order chi connectivity index (χ0) is 26.3. The van der Waals surface area contributed by atoms with Crippen LogP contribution in [0, 0.1) is 11.8 Å². The molecule has 37 heavy (non-hydrogen) atoms. The smallest absolute Gasteiger partial charge is 0.434 e. The number of pyridine rings is 1. The largest absolute Gasteiger partial charge is 0.442 e. The Morgan fingerprint density at radius 2 is 1.76 bits per heavy atom. The maximum Gasteiger partial charge on any atom is 0.434 e. The van der Waals surface area contributed by atoms with Crippen molar-refractivity contribution in [2.45, 2.75) is 39.4 Å². The fourth-order valence-corrected chi connectivity index (χ4v) is 4.77. The standard InChI is InChI=1S/C27H31N5O5/c1-16(33)28-12-20-13-32(26(35)36-20)19-8-5-17(6-9-19)18-7-10-23(29-11-18)31-14-21-22(15-31)24(21)30-25(34)37-27(2,3)4/h5-11,20-22H,12-15H2,1-4H3,(H,28,33)/t20-,21+,22?/m0/s1. The van der Waals surface area contributed by atoms with Crippen molar-refractivity contribution in [3.8, 4) is 11.1 Å². The fourth-order valence-electron chi connectivity index (χ4n) is 4.77. The third kappa shape index (κ3) is 5.58. The van der Waals surface area contributed by atoms with E-state index < -0.39 is 17.8 Å². The number of benzene rings is 1. The summed E-state index contributed by atoms with van der Waals surface area (Å²) < 4.78 is 10.6. The van der Waals surface area contributed by atoms with E-state index in [2.05, 4.69) is 20.2 Å². The molecule has 1 aromatic heterocycles. The number of carbonyl (C=O) groups is 3. The molecule has 10 nitrogen and oxygen atoms in total. The molecule has 1 aromatic carbocycles. The van der Waals surface area contributed by atoms with Crippen LogP contribution < -0.4 is 15.1 Å². The molecule has 1 saturated carbocycles. The van der Waals surface area contributed by atoms with Crippen LogP contribution in [0.3, 0.4) is 0 Å². The molecule has 3 atom stereocenters. The van der Waals surface area contributed by atoms with E-state index in [0.29, 0.717) is 13.1 Å². The summed E-state index contributed by atoms with van der Waals surface area (Å²) in [5.41, 5.74) is 3.09. The Kier molecular flexibility index (Phi) is 6.35. The minimum absolute atomic E-state index is 0.156. The van der Waals surface area contributed by atoms with E-state index in [-0.39, 0.29) is 23.8 Å². The van der Waals surface area contributed by atoms with Gasteiger partial charge >= 0.3 is 12.2 Å². The number of cyclic esters (lactones) is 1. The predicted molar refractivity (Wildman–Crippen MR) is 139 cm³/mol. The molecule has 0 spiro atoms. The first-order valence-corrected chi connectivity index (χ1v) is 12.4. The lowest BCUT2D eigenvalue weighted by atomic mass is 10.1. The number of aliphatic imine (C=N–C) groups is 1. The molecule has 3 amide bonds. The van der Waals surface area contributed by atoms with Crippen LogP contribution in [0.25, 0.3) is 11.1 Å². The lowest BCUT2D eigenvalue weighted by Gasteiger charge is -2.20. The van der Waals surface area contributed by atoms with Crippen LogP contribution in [0.15, 0.2) is 47.6 Å². The SMILES string of the molecule is CC(=O)NC[C@H]1CN(c2ccc(-c3ccc(N4CC5C(=NC(=O)OC(C)(C)C)[C@@H]5C4)nc3)cc2)C(=O)O1. The summed E-state index contributed by atoms with van der Waals surface area (Å²) in [6.07, 6.45) is 0.543. The molecule has 0 bridgehead atoms. The van der Waals surface area contributed by atoms with Crippen molar-refractivity contribution in [2.24, 2.45) is 16.8 Å². The molecule has 10 heteroatoms. The second-order valence-electron chi connectivity index (χ2n) is 10.6. The quantitative estimate of drug-likeness (QED) is 0.660. The molecule has 1 N–H and O–H groups in total. The molecular weight excluding hydrogens is 474 g/mol. The third-order valence-corrected chi connectivity index (χ3v) is 6.62. The number of aromatic nitrogens is 1. The van der Waals surface area contributed by atoms with Crippen molar-refractivity contribution in [3.05, 3.63) is 42.6 Å². The van der Waals surface area contributed by atoms with E-state index in [0.717, 1.165) is 41.4 Å². The molecular formula is C27H31N5O5. The van der Waals surface area contributed by atoms with Gasteiger partial charge in [-0.1, -0.05) is 12.1 Å². The van der Waals surface area contributed by atoms with Crippen LogP contribution in [0.2, 0.25) is 0 Å². The Labute approximate surface area is 215 Å². The molecule has 3 fully saturated rings. The van der Waals surface area contributed by atoms with E-state index in [4.69, 9.17) is 9.47 Å². The number of fused-ring (bicyclic) bond motifs is 1. The highest BCUT2D eigenvalue weighted by Gasteiger charge is 2.53. The molecule has 2 saturated heterocycles. The van der Waals surface area contributed by atoms with Crippen LogP contribution in [0.4, 0.5) is 21.1 Å². The second-order valence-corrected chi connectivity index (χ2v) is 10.6. The fraction of sp³-hybridized carbons (Fsp3) is 0.444. The lowest BCUT2D eigenvalue weighted by molar-refractivity contribution is -0.119. The van der Waals surface area contributed by atoms with Crippen molar-refractivity contribution < 1.29 is 23.9 Å². The van der Waals surface area contributed by atoms with Crippen molar-refractivity contribution in [1.29, 1.82) is 0 Å². The minimum Gasteiger partial charge on any atom is -0.442 e. The Bertz CT molecular complexity index is 1220. The number of nitrogens with zero attached hydrogens (tertiary/aromatic N) is 4. The Balaban J connectivity index is 1.16. The molecule has 1 unspecified atom stereocenters. The van der Waals surface area contributed by atoms with Gasteiger partial charge in [0.25, 0.3) is 0 Å². The van der Waals surface area contributed by atoms with Gasteiger partial charge in [-0.05, 0) is 50.6 Å². The van der Waals surface area contributed by atoms with E-state index >= 15 is 0 Å². The number of carbonyl (C=O) groups excluding carboxylic acids is 3. The summed E-state index contributed by atoms with van der Waals surface area (Å²) in [6, 6.07) is 11.7. The first kappa shape index (κ1) is 24.7. The van der Waals surface area contributed by atoms with Gasteiger partial charge in [-0.25, -0.2) is 14.6 Å². The molecule has 2 aromatic rings. The van der Waals surface area contributed by atoms with Gasteiger partial charge in [0.1, 0.15) is 17.5 Å². The first-order valence-electron chi connectivity index (χ1n) is 12.4. The van der Waals surface area contributed by atoms with Gasteiger partial charge in [0.15, 0.2) is 0 Å². The number of hydrogen-bond donors (Lipinski definition) is 1. The molecule has 5 rings (SSSR count). The maximum atomic E-state index is 12.2. The van der Waals surface area contributed by atoms with E-state index in [9.17, 15) is 14.4 Å². The van der Waals surface area contributed by atoms with Crippen molar-refractivity contribution >= 4 is 35.3 Å². The van der Waals surface area contributed by atoms with Gasteiger partial charge in [-0.2, -0.15) is 4.99 Å². The number of nitrogens with one attached hydrogen (secondary N) is 1. The van der Waals surface area contributed by atoms with E-state index in [1.807, 2.05) is 63.4 Å². The number of ether oxygens (including phenoxy) is 2. The zero-order valence-corrected chi connectivity index (χ0v) is 21.4. The predicted octanol–water partition coefficient (Wildman–Crippen LogP) is 3.65. The number of rotatable bonds is 5. The van der Waals surface area contributed by atoms with E-state index in [1.165, 1.54) is 6.92 Å². The molecule has 2 aliphatic heterocycles. The number of hydrogen-bond acceptors (Lipinski definition) is 7. The zero-order valence-electron chi connectivity index (χ0n) is 21.4.